The molecule has 0 atom stereocenters. The van der Waals surface area contributed by atoms with Crippen molar-refractivity contribution in [2.45, 2.75) is 6.92 Å². The number of nitrogens with zero attached hydrogens (tertiary/aromatic N) is 2. The molecule has 0 aliphatic heterocycles. The first-order valence-corrected chi connectivity index (χ1v) is 7.19. The first-order chi connectivity index (χ1) is 11.4. The van der Waals surface area contributed by atoms with Crippen molar-refractivity contribution in [3.8, 4) is 5.75 Å². The van der Waals surface area contributed by atoms with Gasteiger partial charge in [0.25, 0.3) is 17.0 Å². The van der Waals surface area contributed by atoms with Crippen molar-refractivity contribution < 1.29 is 9.53 Å². The average Bonchev–Trinajstić information content (AvgIpc) is 2.85. The molecule has 0 aliphatic rings. The molecule has 2 aromatic heterocycles. The second kappa shape index (κ2) is 5.73. The zero-order valence-corrected chi connectivity index (χ0v) is 13.4. The van der Waals surface area contributed by atoms with E-state index in [1.807, 2.05) is 0 Å². The van der Waals surface area contributed by atoms with Crippen molar-refractivity contribution in [1.82, 2.24) is 14.5 Å². The molecular formula is C16H16N4O4. The normalized spacial score (nSPS) is 10.8. The summed E-state index contributed by atoms with van der Waals surface area (Å²) in [5, 5.41) is 3.14. The zero-order chi connectivity index (χ0) is 17.4. The second-order valence-electron chi connectivity index (χ2n) is 5.31. The molecule has 0 unspecified atom stereocenters. The number of benzene rings is 1. The number of fused-ring (bicyclic) bond motifs is 1. The molecule has 124 valence electrons. The lowest BCUT2D eigenvalue weighted by Gasteiger charge is -2.13. The molecule has 3 rings (SSSR count). The molecule has 0 radical (unpaired) electrons. The van der Waals surface area contributed by atoms with Crippen LogP contribution in [0.15, 0.2) is 39.9 Å². The molecule has 0 saturated heterocycles. The van der Waals surface area contributed by atoms with Crippen LogP contribution in [0.2, 0.25) is 0 Å². The van der Waals surface area contributed by atoms with E-state index in [0.717, 1.165) is 4.68 Å². The third-order valence-corrected chi connectivity index (χ3v) is 3.83. The average molecular weight is 328 g/mol. The van der Waals surface area contributed by atoms with Crippen LogP contribution in [0.1, 0.15) is 16.1 Å². The number of amides is 1. The van der Waals surface area contributed by atoms with Gasteiger partial charge in [0, 0.05) is 13.1 Å². The highest BCUT2D eigenvalue weighted by Gasteiger charge is 2.17. The fourth-order valence-corrected chi connectivity index (χ4v) is 2.62. The third-order valence-electron chi connectivity index (χ3n) is 3.83. The summed E-state index contributed by atoms with van der Waals surface area (Å²) in [6.45, 7) is 1.60. The monoisotopic (exact) mass is 328 g/mol. The van der Waals surface area contributed by atoms with Gasteiger partial charge in [-0.1, -0.05) is 12.1 Å². The molecule has 0 aliphatic carbocycles. The maximum atomic E-state index is 12.5. The van der Waals surface area contributed by atoms with Crippen LogP contribution >= 0.6 is 0 Å². The van der Waals surface area contributed by atoms with E-state index in [1.165, 1.54) is 17.9 Å². The standard InChI is InChI=1S/C16H16N4O4/c1-9-14-11(17-19(2)16(14)23)8-13(21)20(9)18-15(22)10-6-4-5-7-12(10)24-3/h4-8,17H,1-3H3,(H,18,22). The van der Waals surface area contributed by atoms with Gasteiger partial charge in [-0.2, -0.15) is 0 Å². The minimum Gasteiger partial charge on any atom is -0.496 e. The Hall–Kier alpha value is -3.29. The maximum Gasteiger partial charge on any atom is 0.275 e. The van der Waals surface area contributed by atoms with Gasteiger partial charge in [-0.3, -0.25) is 29.6 Å². The molecule has 2 heterocycles. The summed E-state index contributed by atoms with van der Waals surface area (Å²) in [5.41, 5.74) is 2.85. The summed E-state index contributed by atoms with van der Waals surface area (Å²) < 4.78 is 7.49. The maximum absolute atomic E-state index is 12.5. The number of aromatic nitrogens is 3. The topological polar surface area (TPSA) is 98.1 Å². The van der Waals surface area contributed by atoms with E-state index in [4.69, 9.17) is 4.74 Å². The number of pyridine rings is 1. The van der Waals surface area contributed by atoms with E-state index in [0.29, 0.717) is 22.3 Å². The van der Waals surface area contributed by atoms with Crippen LogP contribution in [0.3, 0.4) is 0 Å². The number of hydrogen-bond acceptors (Lipinski definition) is 4. The van der Waals surface area contributed by atoms with Gasteiger partial charge in [0.05, 0.1) is 29.3 Å². The Morgan fingerprint density at radius 1 is 1.25 bits per heavy atom. The first-order valence-electron chi connectivity index (χ1n) is 7.19. The number of aryl methyl sites for hydroxylation is 2. The molecule has 24 heavy (non-hydrogen) atoms. The molecule has 8 heteroatoms. The van der Waals surface area contributed by atoms with Crippen LogP contribution in [0.5, 0.6) is 5.75 Å². The minimum absolute atomic E-state index is 0.275. The van der Waals surface area contributed by atoms with Gasteiger partial charge in [-0.15, -0.1) is 0 Å². The highest BCUT2D eigenvalue weighted by Crippen LogP contribution is 2.17. The lowest BCUT2D eigenvalue weighted by atomic mass is 10.2. The third kappa shape index (κ3) is 2.37. The molecular weight excluding hydrogens is 312 g/mol. The summed E-state index contributed by atoms with van der Waals surface area (Å²) in [6, 6.07) is 7.94. The highest BCUT2D eigenvalue weighted by molar-refractivity contribution is 6.02. The number of carbonyl (C=O) groups excluding carboxylic acids is 1. The minimum atomic E-state index is -0.510. The van der Waals surface area contributed by atoms with E-state index in [2.05, 4.69) is 10.5 Å². The Bertz CT molecular complexity index is 1060. The Morgan fingerprint density at radius 2 is 1.96 bits per heavy atom. The molecule has 0 bridgehead atoms. The van der Waals surface area contributed by atoms with Crippen molar-refractivity contribution in [1.29, 1.82) is 0 Å². The smallest absolute Gasteiger partial charge is 0.275 e. The molecule has 2 N–H and O–H groups in total. The number of ether oxygens (including phenoxy) is 1. The van der Waals surface area contributed by atoms with E-state index in [-0.39, 0.29) is 11.1 Å². The van der Waals surface area contributed by atoms with Crippen LogP contribution in [0, 0.1) is 6.92 Å². The fraction of sp³-hybridized carbons (Fsp3) is 0.188. The summed E-state index contributed by atoms with van der Waals surface area (Å²) >= 11 is 0. The molecule has 1 aromatic carbocycles. The lowest BCUT2D eigenvalue weighted by Crippen LogP contribution is -2.35. The second-order valence-corrected chi connectivity index (χ2v) is 5.31. The number of carbonyl (C=O) groups is 1. The first kappa shape index (κ1) is 15.6. The highest BCUT2D eigenvalue weighted by atomic mass is 16.5. The zero-order valence-electron chi connectivity index (χ0n) is 13.4. The van der Waals surface area contributed by atoms with Gasteiger partial charge >= 0.3 is 0 Å². The Morgan fingerprint density at radius 3 is 2.67 bits per heavy atom. The molecule has 1 amide bonds. The fourth-order valence-electron chi connectivity index (χ4n) is 2.62. The summed E-state index contributed by atoms with van der Waals surface area (Å²) in [6.07, 6.45) is 0. The van der Waals surface area contributed by atoms with E-state index in [1.54, 1.807) is 38.2 Å². The number of hydrogen-bond donors (Lipinski definition) is 2. The van der Waals surface area contributed by atoms with Crippen LogP contribution in [0.25, 0.3) is 10.9 Å². The van der Waals surface area contributed by atoms with Crippen molar-refractivity contribution in [3.63, 3.8) is 0 Å². The number of aromatic amines is 1. The number of rotatable bonds is 3. The van der Waals surface area contributed by atoms with Crippen molar-refractivity contribution >= 4 is 16.8 Å². The van der Waals surface area contributed by atoms with Crippen molar-refractivity contribution in [3.05, 3.63) is 62.3 Å². The molecule has 3 aromatic rings. The van der Waals surface area contributed by atoms with Crippen LogP contribution in [-0.2, 0) is 7.05 Å². The van der Waals surface area contributed by atoms with Crippen molar-refractivity contribution in [2.75, 3.05) is 12.5 Å². The Balaban J connectivity index is 2.10. The Labute approximate surface area is 136 Å². The molecule has 0 fully saturated rings. The summed E-state index contributed by atoms with van der Waals surface area (Å²) in [7, 11) is 3.02. The number of H-pyrrole nitrogens is 1. The summed E-state index contributed by atoms with van der Waals surface area (Å²) in [5.74, 6) is -0.122. The van der Waals surface area contributed by atoms with Crippen LogP contribution in [-0.4, -0.2) is 27.5 Å². The number of methoxy groups -OCH3 is 1. The number of para-hydroxylation sites is 1. The van der Waals surface area contributed by atoms with Crippen molar-refractivity contribution in [2.24, 2.45) is 7.05 Å². The SMILES string of the molecule is COc1ccccc1C(=O)Nn1c(C)c2c(=O)n(C)[nH]c2cc1=O. The van der Waals surface area contributed by atoms with Gasteiger partial charge in [-0.05, 0) is 19.1 Å². The van der Waals surface area contributed by atoms with E-state index < -0.39 is 11.5 Å². The summed E-state index contributed by atoms with van der Waals surface area (Å²) in [4.78, 5) is 36.9. The Kier molecular flexibility index (Phi) is 3.72. The van der Waals surface area contributed by atoms with Crippen LogP contribution in [0.4, 0.5) is 0 Å². The van der Waals surface area contributed by atoms with Gasteiger partial charge in [0.1, 0.15) is 5.75 Å². The van der Waals surface area contributed by atoms with E-state index >= 15 is 0 Å². The largest absolute Gasteiger partial charge is 0.496 e. The van der Waals surface area contributed by atoms with Gasteiger partial charge < -0.3 is 4.74 Å². The number of nitrogens with one attached hydrogen (secondary N) is 2. The quantitative estimate of drug-likeness (QED) is 0.740. The van der Waals surface area contributed by atoms with Gasteiger partial charge in [0.15, 0.2) is 0 Å². The molecule has 8 nitrogen and oxygen atoms in total. The molecule has 0 saturated carbocycles. The lowest BCUT2D eigenvalue weighted by molar-refractivity contribution is 0.100. The van der Waals surface area contributed by atoms with Crippen LogP contribution < -0.4 is 21.3 Å². The van der Waals surface area contributed by atoms with E-state index in [9.17, 15) is 14.4 Å². The predicted octanol–water partition coefficient (Wildman–Crippen LogP) is 0.729. The van der Waals surface area contributed by atoms with Gasteiger partial charge in [-0.25, -0.2) is 4.68 Å². The molecule has 0 spiro atoms. The predicted molar refractivity (Wildman–Crippen MR) is 89.2 cm³/mol. The van der Waals surface area contributed by atoms with Gasteiger partial charge in [0.2, 0.25) is 0 Å².